The van der Waals surface area contributed by atoms with Crippen LogP contribution in [0.15, 0.2) is 24.3 Å². The van der Waals surface area contributed by atoms with Crippen LogP contribution in [0.4, 0.5) is 0 Å². The van der Waals surface area contributed by atoms with Crippen LogP contribution in [0.3, 0.4) is 0 Å². The van der Waals surface area contributed by atoms with Gasteiger partial charge < -0.3 is 19.8 Å². The Bertz CT molecular complexity index is 1500. The molecule has 3 unspecified atom stereocenters. The number of phosphoric ester groups is 1. The Balaban J connectivity index is 3.90. The lowest BCUT2D eigenvalue weighted by molar-refractivity contribution is -0.870. The van der Waals surface area contributed by atoms with Gasteiger partial charge >= 0.3 is 7.82 Å². The van der Waals surface area contributed by atoms with Crippen molar-refractivity contribution in [3.63, 3.8) is 0 Å². The number of unbranched alkanes of at least 4 members (excludes halogenated alkanes) is 59. The van der Waals surface area contributed by atoms with Gasteiger partial charge in [-0.15, -0.1) is 0 Å². The number of likely N-dealkylation sites (N-methyl/N-ethyl adjacent to an activating group) is 1. The normalized spacial score (nSPS) is 13.6. The summed E-state index contributed by atoms with van der Waals surface area (Å²) in [5, 5.41) is 14.2. The van der Waals surface area contributed by atoms with Gasteiger partial charge in [0.05, 0.1) is 39.9 Å². The summed E-state index contributed by atoms with van der Waals surface area (Å²) in [7, 11) is 1.64. The summed E-state index contributed by atoms with van der Waals surface area (Å²) in [5.41, 5.74) is 0. The molecule has 0 bridgehead atoms. The predicted octanol–water partition coefficient (Wildman–Crippen LogP) is 26.2. The number of nitrogens with one attached hydrogen (secondary N) is 1. The molecule has 1 amide bonds. The monoisotopic (exact) mass is 1280 g/mol. The summed E-state index contributed by atoms with van der Waals surface area (Å²) in [5.74, 6) is -0.133. The van der Waals surface area contributed by atoms with Gasteiger partial charge in [0.1, 0.15) is 13.2 Å². The minimum Gasteiger partial charge on any atom is -0.391 e. The van der Waals surface area contributed by atoms with Gasteiger partial charge in [0.2, 0.25) is 5.91 Å². The zero-order valence-corrected chi connectivity index (χ0v) is 61.9. The first-order valence-electron chi connectivity index (χ1n) is 40.2. The van der Waals surface area contributed by atoms with Gasteiger partial charge in [-0.25, -0.2) is 4.57 Å². The molecule has 3 atom stereocenters. The zero-order valence-electron chi connectivity index (χ0n) is 61.0. The summed E-state index contributed by atoms with van der Waals surface area (Å²) in [6.45, 7) is 4.95. The van der Waals surface area contributed by atoms with Gasteiger partial charge in [0.15, 0.2) is 0 Å². The van der Waals surface area contributed by atoms with Crippen LogP contribution in [-0.2, 0) is 18.4 Å². The number of amides is 1. The fourth-order valence-electron chi connectivity index (χ4n) is 12.7. The molecule has 0 saturated carbocycles. The maximum absolute atomic E-state index is 13.1. The van der Waals surface area contributed by atoms with Crippen LogP contribution >= 0.6 is 7.82 Å². The van der Waals surface area contributed by atoms with Crippen molar-refractivity contribution < 1.29 is 32.9 Å². The summed E-state index contributed by atoms with van der Waals surface area (Å²) in [6, 6.07) is -0.760. The quantitative estimate of drug-likeness (QED) is 0.0243. The van der Waals surface area contributed by atoms with Gasteiger partial charge in [-0.1, -0.05) is 404 Å². The van der Waals surface area contributed by atoms with Crippen molar-refractivity contribution >= 4 is 13.7 Å². The number of rotatable bonds is 76. The van der Waals surface area contributed by atoms with Crippen molar-refractivity contribution in [3.05, 3.63) is 24.3 Å². The number of carbonyl (C=O) groups is 1. The molecule has 0 heterocycles. The van der Waals surface area contributed by atoms with Gasteiger partial charge in [0, 0.05) is 6.42 Å². The number of hydrogen-bond acceptors (Lipinski definition) is 5. The van der Waals surface area contributed by atoms with Crippen LogP contribution in [0, 0.1) is 0 Å². The van der Waals surface area contributed by atoms with Crippen molar-refractivity contribution in [1.82, 2.24) is 5.32 Å². The van der Waals surface area contributed by atoms with E-state index in [1.165, 1.54) is 360 Å². The molecule has 9 heteroatoms. The maximum atomic E-state index is 13.1. The first-order valence-corrected chi connectivity index (χ1v) is 41.7. The first-order chi connectivity index (χ1) is 43.5. The van der Waals surface area contributed by atoms with Crippen LogP contribution < -0.4 is 5.32 Å². The second kappa shape index (κ2) is 71.3. The molecule has 0 radical (unpaired) electrons. The number of hydrogen-bond donors (Lipinski definition) is 3. The number of phosphoric acid groups is 1. The fourth-order valence-corrected chi connectivity index (χ4v) is 13.5. The van der Waals surface area contributed by atoms with Gasteiger partial charge in [0.25, 0.3) is 0 Å². The molecule has 3 N–H and O–H groups in total. The first kappa shape index (κ1) is 88.0. The van der Waals surface area contributed by atoms with E-state index >= 15 is 0 Å². The standard InChI is InChI=1S/C80H159N2O6P/c1-6-8-10-12-14-16-18-20-22-24-26-28-30-32-34-36-38-39-40-41-42-43-44-46-48-50-52-54-56-58-60-62-64-66-68-70-72-74-80(84)81-78(77-88-89(85,86)87-76-75-82(3,4)5)79(83)73-71-69-67-65-63-61-59-57-55-53-51-49-47-45-37-35-33-31-29-27-25-23-21-19-17-15-13-11-9-7-2/h18,20,24,26,78-79,83H,6-17,19,21-23,25,27-77H2,1-5H3,(H-,81,84,85,86)/p+1/b20-18-,26-24-. The smallest absolute Gasteiger partial charge is 0.391 e. The molecule has 0 aromatic carbocycles. The van der Waals surface area contributed by atoms with E-state index in [1.54, 1.807) is 0 Å². The topological polar surface area (TPSA) is 105 Å². The average molecular weight is 1280 g/mol. The van der Waals surface area contributed by atoms with Crippen molar-refractivity contribution in [2.45, 2.75) is 443 Å². The van der Waals surface area contributed by atoms with Crippen LogP contribution in [0.2, 0.25) is 0 Å². The molecule has 0 aliphatic carbocycles. The van der Waals surface area contributed by atoms with Crippen LogP contribution in [-0.4, -0.2) is 73.4 Å². The van der Waals surface area contributed by atoms with Gasteiger partial charge in [-0.3, -0.25) is 13.8 Å². The van der Waals surface area contributed by atoms with E-state index in [2.05, 4.69) is 43.5 Å². The lowest BCUT2D eigenvalue weighted by Gasteiger charge is -2.26. The molecule has 0 fully saturated rings. The van der Waals surface area contributed by atoms with Crippen molar-refractivity contribution in [2.75, 3.05) is 40.9 Å². The molecule has 89 heavy (non-hydrogen) atoms. The lowest BCUT2D eigenvalue weighted by Crippen LogP contribution is -2.46. The minimum absolute atomic E-state index is 0.0783. The third-order valence-corrected chi connectivity index (χ3v) is 19.9. The number of nitrogens with zero attached hydrogens (tertiary/aromatic N) is 1. The molecule has 0 aromatic heterocycles. The molecule has 0 aliphatic heterocycles. The van der Waals surface area contributed by atoms with Crippen LogP contribution in [0.5, 0.6) is 0 Å². The number of aliphatic hydroxyl groups is 1. The summed E-state index contributed by atoms with van der Waals surface area (Å²) < 4.78 is 24.0. The van der Waals surface area contributed by atoms with E-state index in [9.17, 15) is 19.4 Å². The van der Waals surface area contributed by atoms with Crippen molar-refractivity contribution in [1.29, 1.82) is 0 Å². The number of aliphatic hydroxyl groups excluding tert-OH is 1. The minimum atomic E-state index is -4.33. The van der Waals surface area contributed by atoms with Crippen molar-refractivity contribution in [2.24, 2.45) is 0 Å². The Hall–Kier alpha value is -1.02. The fraction of sp³-hybridized carbons (Fsp3) is 0.938. The number of allylic oxidation sites excluding steroid dienone is 4. The Kier molecular flexibility index (Phi) is 70.5. The Morgan fingerprint density at radius 2 is 0.640 bits per heavy atom. The molecule has 0 aromatic rings. The molecule has 8 nitrogen and oxygen atoms in total. The molecular formula is C80H160N2O6P+. The highest BCUT2D eigenvalue weighted by Gasteiger charge is 2.28. The van der Waals surface area contributed by atoms with E-state index in [0.717, 1.165) is 44.9 Å². The van der Waals surface area contributed by atoms with E-state index in [1.807, 2.05) is 21.1 Å². The SMILES string of the molecule is CCCCCCC/C=C\C/C=C\CCCCCCCCCCCCCCCCCCCCCCCCCCCC(=O)NC(COP(=O)(O)OCC[N+](C)(C)C)C(O)CCCCCCCCCCCCCCCCCCCCCCCCCCCCCCCC. The number of carbonyl (C=O) groups excluding carboxylic acids is 1. The van der Waals surface area contributed by atoms with E-state index in [4.69, 9.17) is 9.05 Å². The predicted molar refractivity (Wildman–Crippen MR) is 392 cm³/mol. The highest BCUT2D eigenvalue weighted by atomic mass is 31.2. The highest BCUT2D eigenvalue weighted by molar-refractivity contribution is 7.47. The van der Waals surface area contributed by atoms with Crippen LogP contribution in [0.1, 0.15) is 431 Å². The average Bonchev–Trinajstić information content (AvgIpc) is 3.57. The van der Waals surface area contributed by atoms with Crippen LogP contribution in [0.25, 0.3) is 0 Å². The van der Waals surface area contributed by atoms with E-state index in [-0.39, 0.29) is 19.1 Å². The Labute approximate surface area is 557 Å². The Morgan fingerprint density at radius 1 is 0.382 bits per heavy atom. The third-order valence-electron chi connectivity index (χ3n) is 19.0. The molecule has 0 saturated heterocycles. The van der Waals surface area contributed by atoms with Gasteiger partial charge in [-0.05, 0) is 44.9 Å². The highest BCUT2D eigenvalue weighted by Crippen LogP contribution is 2.43. The lowest BCUT2D eigenvalue weighted by atomic mass is 10.0. The second-order valence-corrected chi connectivity index (χ2v) is 30.6. The summed E-state index contributed by atoms with van der Waals surface area (Å²) in [6.07, 6.45) is 94.7. The summed E-state index contributed by atoms with van der Waals surface area (Å²) in [4.78, 5) is 23.5. The third kappa shape index (κ3) is 74.2. The Morgan fingerprint density at radius 3 is 0.921 bits per heavy atom. The van der Waals surface area contributed by atoms with E-state index in [0.29, 0.717) is 23.9 Å². The molecular weight excluding hydrogens is 1120 g/mol. The van der Waals surface area contributed by atoms with E-state index < -0.39 is 20.0 Å². The maximum Gasteiger partial charge on any atom is 0.472 e. The molecule has 0 spiro atoms. The second-order valence-electron chi connectivity index (χ2n) is 29.2. The molecule has 530 valence electrons. The zero-order chi connectivity index (χ0) is 64.8. The largest absolute Gasteiger partial charge is 0.472 e. The molecule has 0 aliphatic rings. The van der Waals surface area contributed by atoms with Gasteiger partial charge in [-0.2, -0.15) is 0 Å². The molecule has 0 rings (SSSR count). The number of quaternary nitrogens is 1. The van der Waals surface area contributed by atoms with Crippen molar-refractivity contribution in [3.8, 4) is 0 Å². The summed E-state index contributed by atoms with van der Waals surface area (Å²) >= 11 is 0.